The number of nitrogens with one attached hydrogen (secondary N) is 1. The number of anilines is 1. The Bertz CT molecular complexity index is 825. The summed E-state index contributed by atoms with van der Waals surface area (Å²) >= 11 is 2.24. The zero-order valence-electron chi connectivity index (χ0n) is 13.3. The summed E-state index contributed by atoms with van der Waals surface area (Å²) in [6.45, 7) is 3.26. The third kappa shape index (κ3) is 4.22. The molecule has 0 unspecified atom stereocenters. The van der Waals surface area contributed by atoms with E-state index in [4.69, 9.17) is 0 Å². The highest BCUT2D eigenvalue weighted by Gasteiger charge is 2.07. The molecule has 0 fully saturated rings. The van der Waals surface area contributed by atoms with Crippen molar-refractivity contribution in [3.05, 3.63) is 63.7 Å². The third-order valence-electron chi connectivity index (χ3n) is 3.71. The van der Waals surface area contributed by atoms with Crippen molar-refractivity contribution >= 4 is 34.2 Å². The molecule has 6 nitrogen and oxygen atoms in total. The Morgan fingerprint density at radius 2 is 2.17 bits per heavy atom. The first-order chi connectivity index (χ1) is 11.6. The second-order valence-electron chi connectivity index (χ2n) is 5.50. The molecular weight excluding hydrogens is 417 g/mol. The maximum Gasteiger partial charge on any atom is 0.226 e. The lowest BCUT2D eigenvalue weighted by atomic mass is 10.2. The molecule has 2 aromatic heterocycles. The zero-order valence-corrected chi connectivity index (χ0v) is 15.5. The number of hydrogen-bond donors (Lipinski definition) is 1. The van der Waals surface area contributed by atoms with E-state index in [1.54, 1.807) is 6.20 Å². The molecule has 0 saturated carbocycles. The topological polar surface area (TPSA) is 64.7 Å². The second-order valence-corrected chi connectivity index (χ2v) is 6.67. The van der Waals surface area contributed by atoms with Gasteiger partial charge < -0.3 is 5.32 Å². The summed E-state index contributed by atoms with van der Waals surface area (Å²) in [7, 11) is 0. The van der Waals surface area contributed by atoms with Crippen LogP contribution in [0.4, 0.5) is 5.69 Å². The molecule has 2 heterocycles. The highest BCUT2D eigenvalue weighted by molar-refractivity contribution is 14.1. The van der Waals surface area contributed by atoms with Gasteiger partial charge in [0.2, 0.25) is 5.91 Å². The van der Waals surface area contributed by atoms with Crippen LogP contribution >= 0.6 is 22.6 Å². The molecule has 0 bridgehead atoms. The molecule has 1 N–H and O–H groups in total. The van der Waals surface area contributed by atoms with Crippen LogP contribution in [0.5, 0.6) is 0 Å². The smallest absolute Gasteiger partial charge is 0.226 e. The monoisotopic (exact) mass is 435 g/mol. The van der Waals surface area contributed by atoms with Crippen LogP contribution in [0.1, 0.15) is 17.7 Å². The fourth-order valence-electron chi connectivity index (χ4n) is 2.41. The Hall–Kier alpha value is -2.16. The first kappa shape index (κ1) is 16.7. The summed E-state index contributed by atoms with van der Waals surface area (Å²) in [5.74, 6) is -0.0175. The van der Waals surface area contributed by atoms with Crippen LogP contribution < -0.4 is 5.32 Å². The fourth-order valence-corrected chi connectivity index (χ4v) is 2.81. The number of amides is 1. The Kier molecular flexibility index (Phi) is 5.29. The molecule has 0 aliphatic heterocycles. The van der Waals surface area contributed by atoms with Crippen molar-refractivity contribution in [2.45, 2.75) is 26.4 Å². The normalized spacial score (nSPS) is 10.8. The maximum absolute atomic E-state index is 12.2. The van der Waals surface area contributed by atoms with Crippen molar-refractivity contribution < 1.29 is 4.79 Å². The lowest BCUT2D eigenvalue weighted by Gasteiger charge is -2.09. The minimum absolute atomic E-state index is 0.0175. The number of aryl methyl sites for hydroxylation is 1. The number of benzene rings is 1. The van der Waals surface area contributed by atoms with Gasteiger partial charge in [0.25, 0.3) is 0 Å². The van der Waals surface area contributed by atoms with Crippen molar-refractivity contribution in [2.24, 2.45) is 0 Å². The van der Waals surface area contributed by atoms with Crippen molar-refractivity contribution in [3.8, 4) is 0 Å². The molecule has 0 spiro atoms. The van der Waals surface area contributed by atoms with E-state index in [0.717, 1.165) is 20.5 Å². The minimum Gasteiger partial charge on any atom is -0.326 e. The Morgan fingerprint density at radius 1 is 1.29 bits per heavy atom. The number of rotatable bonds is 6. The lowest BCUT2D eigenvalue weighted by Crippen LogP contribution is -2.15. The lowest BCUT2D eigenvalue weighted by molar-refractivity contribution is -0.116. The van der Waals surface area contributed by atoms with E-state index in [1.807, 2.05) is 59.0 Å². The third-order valence-corrected chi connectivity index (χ3v) is 4.77. The average Bonchev–Trinajstić information content (AvgIpc) is 3.17. The number of aromatic nitrogens is 4. The SMILES string of the molecule is Cc1c(I)cnn1CCC(=O)Nc1cccc(Cn2cccn2)c1. The summed E-state index contributed by atoms with van der Waals surface area (Å²) in [5.41, 5.74) is 2.98. The van der Waals surface area contributed by atoms with Gasteiger partial charge in [-0.05, 0) is 53.3 Å². The molecular formula is C17H18IN5O. The standard InChI is InChI=1S/C17H18IN5O/c1-13-16(18)11-20-23(13)9-6-17(24)21-15-5-2-4-14(10-15)12-22-8-3-7-19-22/h2-5,7-8,10-11H,6,9,12H2,1H3,(H,21,24). The van der Waals surface area contributed by atoms with Gasteiger partial charge in [0, 0.05) is 30.2 Å². The Balaban J connectivity index is 1.57. The predicted molar refractivity (Wildman–Crippen MR) is 101 cm³/mol. The van der Waals surface area contributed by atoms with Crippen molar-refractivity contribution in [3.63, 3.8) is 0 Å². The molecule has 124 valence electrons. The summed E-state index contributed by atoms with van der Waals surface area (Å²) in [6, 6.07) is 9.72. The van der Waals surface area contributed by atoms with E-state index in [1.165, 1.54) is 0 Å². The summed E-state index contributed by atoms with van der Waals surface area (Å²) in [5, 5.41) is 11.4. The van der Waals surface area contributed by atoms with Gasteiger partial charge in [0.15, 0.2) is 0 Å². The van der Waals surface area contributed by atoms with Crippen molar-refractivity contribution in [2.75, 3.05) is 5.32 Å². The number of carbonyl (C=O) groups is 1. The average molecular weight is 435 g/mol. The molecule has 0 saturated heterocycles. The van der Waals surface area contributed by atoms with E-state index in [0.29, 0.717) is 19.5 Å². The van der Waals surface area contributed by atoms with Crippen LogP contribution in [0, 0.1) is 10.5 Å². The van der Waals surface area contributed by atoms with Gasteiger partial charge in [-0.25, -0.2) is 0 Å². The van der Waals surface area contributed by atoms with Crippen LogP contribution in [0.25, 0.3) is 0 Å². The van der Waals surface area contributed by atoms with Crippen molar-refractivity contribution in [1.29, 1.82) is 0 Å². The fraction of sp³-hybridized carbons (Fsp3) is 0.235. The highest BCUT2D eigenvalue weighted by atomic mass is 127. The number of nitrogens with zero attached hydrogens (tertiary/aromatic N) is 4. The molecule has 0 aliphatic rings. The van der Waals surface area contributed by atoms with Crippen LogP contribution in [0.2, 0.25) is 0 Å². The second kappa shape index (κ2) is 7.61. The van der Waals surface area contributed by atoms with E-state index in [2.05, 4.69) is 38.1 Å². The van der Waals surface area contributed by atoms with E-state index < -0.39 is 0 Å². The van der Waals surface area contributed by atoms with Crippen LogP contribution in [-0.2, 0) is 17.9 Å². The largest absolute Gasteiger partial charge is 0.326 e. The number of carbonyl (C=O) groups excluding carboxylic acids is 1. The Morgan fingerprint density at radius 3 is 2.88 bits per heavy atom. The molecule has 24 heavy (non-hydrogen) atoms. The zero-order chi connectivity index (χ0) is 16.9. The molecule has 3 aromatic rings. The van der Waals surface area contributed by atoms with Gasteiger partial charge >= 0.3 is 0 Å². The van der Waals surface area contributed by atoms with Gasteiger partial charge in [-0.1, -0.05) is 12.1 Å². The van der Waals surface area contributed by atoms with E-state index in [-0.39, 0.29) is 5.91 Å². The van der Waals surface area contributed by atoms with E-state index in [9.17, 15) is 4.79 Å². The molecule has 3 rings (SSSR count). The summed E-state index contributed by atoms with van der Waals surface area (Å²) in [4.78, 5) is 12.2. The molecule has 0 atom stereocenters. The Labute approximate surface area is 154 Å². The number of hydrogen-bond acceptors (Lipinski definition) is 3. The molecule has 0 aliphatic carbocycles. The highest BCUT2D eigenvalue weighted by Crippen LogP contribution is 2.13. The van der Waals surface area contributed by atoms with Gasteiger partial charge in [0.1, 0.15) is 0 Å². The molecule has 1 amide bonds. The van der Waals surface area contributed by atoms with Gasteiger partial charge in [-0.3, -0.25) is 14.2 Å². The van der Waals surface area contributed by atoms with Crippen molar-refractivity contribution in [1.82, 2.24) is 19.6 Å². The maximum atomic E-state index is 12.2. The first-order valence-corrected chi connectivity index (χ1v) is 8.74. The summed E-state index contributed by atoms with van der Waals surface area (Å²) < 4.78 is 4.82. The van der Waals surface area contributed by atoms with Gasteiger partial charge in [0.05, 0.1) is 22.9 Å². The number of halogens is 1. The van der Waals surface area contributed by atoms with Gasteiger partial charge in [-0.2, -0.15) is 10.2 Å². The quantitative estimate of drug-likeness (QED) is 0.606. The van der Waals surface area contributed by atoms with Crippen LogP contribution in [0.15, 0.2) is 48.9 Å². The summed E-state index contributed by atoms with van der Waals surface area (Å²) in [6.07, 6.45) is 5.87. The van der Waals surface area contributed by atoms with Crippen LogP contribution in [-0.4, -0.2) is 25.5 Å². The van der Waals surface area contributed by atoms with Gasteiger partial charge in [-0.15, -0.1) is 0 Å². The molecule has 0 radical (unpaired) electrons. The first-order valence-electron chi connectivity index (χ1n) is 7.66. The molecule has 1 aromatic carbocycles. The van der Waals surface area contributed by atoms with Crippen LogP contribution in [0.3, 0.4) is 0 Å². The molecule has 7 heteroatoms. The minimum atomic E-state index is -0.0175. The van der Waals surface area contributed by atoms with E-state index >= 15 is 0 Å². The predicted octanol–water partition coefficient (Wildman–Crippen LogP) is 3.07.